The van der Waals surface area contributed by atoms with Crippen molar-refractivity contribution in [1.82, 2.24) is 0 Å². The van der Waals surface area contributed by atoms with E-state index in [1.807, 2.05) is 6.07 Å². The second-order valence-electron chi connectivity index (χ2n) is 5.56. The summed E-state index contributed by atoms with van der Waals surface area (Å²) in [6.07, 6.45) is 4.01. The number of rotatable bonds is 3. The molecule has 2 nitrogen and oxygen atoms in total. The summed E-state index contributed by atoms with van der Waals surface area (Å²) in [7, 11) is 0. The van der Waals surface area contributed by atoms with Gasteiger partial charge in [0, 0.05) is 11.1 Å². The molecule has 0 radical (unpaired) electrons. The molecule has 1 aliphatic carbocycles. The van der Waals surface area contributed by atoms with Crippen LogP contribution in [0.5, 0.6) is 5.75 Å². The van der Waals surface area contributed by atoms with Crippen molar-refractivity contribution in [2.75, 3.05) is 0 Å². The smallest absolute Gasteiger partial charge is 0.124 e. The molecule has 0 spiro atoms. The maximum Gasteiger partial charge on any atom is 0.124 e. The van der Waals surface area contributed by atoms with Gasteiger partial charge in [-0.1, -0.05) is 32.9 Å². The molecule has 2 heteroatoms. The van der Waals surface area contributed by atoms with Crippen molar-refractivity contribution < 1.29 is 5.11 Å². The maximum atomic E-state index is 10.4. The zero-order valence-electron chi connectivity index (χ0n) is 11.1. The number of benzene rings is 1. The molecule has 17 heavy (non-hydrogen) atoms. The highest BCUT2D eigenvalue weighted by Gasteiger charge is 2.39. The fourth-order valence-electron chi connectivity index (χ4n) is 2.75. The second-order valence-corrected chi connectivity index (χ2v) is 5.56. The minimum absolute atomic E-state index is 0.283. The Hall–Kier alpha value is -1.02. The highest BCUT2D eigenvalue weighted by molar-refractivity contribution is 5.51. The Morgan fingerprint density at radius 1 is 1.35 bits per heavy atom. The Kier molecular flexibility index (Phi) is 3.17. The van der Waals surface area contributed by atoms with Gasteiger partial charge in [-0.15, -0.1) is 0 Å². The zero-order valence-corrected chi connectivity index (χ0v) is 11.1. The first-order chi connectivity index (χ1) is 7.99. The lowest BCUT2D eigenvalue weighted by Crippen LogP contribution is -2.44. The van der Waals surface area contributed by atoms with Gasteiger partial charge in [0.2, 0.25) is 0 Å². The van der Waals surface area contributed by atoms with Gasteiger partial charge in [0.05, 0.1) is 0 Å². The average Bonchev–Trinajstić information content (AvgIpc) is 2.25. The minimum Gasteiger partial charge on any atom is -0.507 e. The van der Waals surface area contributed by atoms with E-state index in [2.05, 4.69) is 26.8 Å². The maximum absolute atomic E-state index is 10.4. The Balaban J connectivity index is 2.59. The Labute approximate surface area is 104 Å². The van der Waals surface area contributed by atoms with E-state index in [0.717, 1.165) is 30.4 Å². The number of hydrogen-bond donors (Lipinski definition) is 2. The fraction of sp³-hybridized carbons (Fsp3) is 0.600. The van der Waals surface area contributed by atoms with E-state index in [9.17, 15) is 5.11 Å². The number of hydrogen-bond acceptors (Lipinski definition) is 2. The first-order valence-corrected chi connectivity index (χ1v) is 6.63. The summed E-state index contributed by atoms with van der Waals surface area (Å²) in [5, 5.41) is 10.4. The molecule has 1 aromatic carbocycles. The predicted molar refractivity (Wildman–Crippen MR) is 71.3 cm³/mol. The SMILES string of the molecule is CCc1ccc(C(C)C)c(C2(N)CCC2)c1O. The molecule has 1 aromatic rings. The molecule has 1 saturated carbocycles. The highest BCUT2D eigenvalue weighted by Crippen LogP contribution is 2.46. The van der Waals surface area contributed by atoms with Gasteiger partial charge in [0.15, 0.2) is 0 Å². The molecule has 1 aliphatic rings. The monoisotopic (exact) mass is 233 g/mol. The molecule has 2 rings (SSSR count). The van der Waals surface area contributed by atoms with Crippen LogP contribution < -0.4 is 5.73 Å². The summed E-state index contributed by atoms with van der Waals surface area (Å²) in [6.45, 7) is 6.38. The lowest BCUT2D eigenvalue weighted by atomic mass is 9.69. The summed E-state index contributed by atoms with van der Waals surface area (Å²) in [5.41, 5.74) is 9.38. The Bertz CT molecular complexity index is 419. The zero-order chi connectivity index (χ0) is 12.6. The third-order valence-electron chi connectivity index (χ3n) is 4.04. The van der Waals surface area contributed by atoms with Crippen molar-refractivity contribution in [3.8, 4) is 5.75 Å². The van der Waals surface area contributed by atoms with Gasteiger partial charge in [0.25, 0.3) is 0 Å². The van der Waals surface area contributed by atoms with Gasteiger partial charge < -0.3 is 10.8 Å². The minimum atomic E-state index is -0.283. The molecule has 1 fully saturated rings. The van der Waals surface area contributed by atoms with Crippen LogP contribution >= 0.6 is 0 Å². The van der Waals surface area contributed by atoms with Crippen molar-refractivity contribution in [3.05, 3.63) is 28.8 Å². The number of aromatic hydroxyl groups is 1. The normalized spacial score (nSPS) is 18.2. The van der Waals surface area contributed by atoms with Gasteiger partial charge in [0.1, 0.15) is 5.75 Å². The quantitative estimate of drug-likeness (QED) is 0.840. The molecule has 3 N–H and O–H groups in total. The van der Waals surface area contributed by atoms with Gasteiger partial charge in [-0.3, -0.25) is 0 Å². The van der Waals surface area contributed by atoms with Crippen molar-refractivity contribution in [2.24, 2.45) is 5.73 Å². The Morgan fingerprint density at radius 3 is 2.41 bits per heavy atom. The molecule has 0 saturated heterocycles. The number of phenolic OH excluding ortho intramolecular Hbond substituents is 1. The van der Waals surface area contributed by atoms with Gasteiger partial charge >= 0.3 is 0 Å². The lowest BCUT2D eigenvalue weighted by Gasteiger charge is -2.41. The lowest BCUT2D eigenvalue weighted by molar-refractivity contribution is 0.242. The number of nitrogens with two attached hydrogens (primary N) is 1. The van der Waals surface area contributed by atoms with Gasteiger partial charge in [-0.2, -0.15) is 0 Å². The van der Waals surface area contributed by atoms with E-state index in [-0.39, 0.29) is 5.54 Å². The van der Waals surface area contributed by atoms with Crippen LogP contribution in [0.25, 0.3) is 0 Å². The molecule has 0 aromatic heterocycles. The third-order valence-corrected chi connectivity index (χ3v) is 4.04. The molecule has 0 amide bonds. The standard InChI is InChI=1S/C15H23NO/c1-4-11-6-7-12(10(2)3)13(14(11)17)15(16)8-5-9-15/h6-7,10,17H,4-5,8-9,16H2,1-3H3. The van der Waals surface area contributed by atoms with Crippen LogP contribution in [0.1, 0.15) is 62.6 Å². The van der Waals surface area contributed by atoms with Crippen molar-refractivity contribution in [2.45, 2.75) is 57.9 Å². The van der Waals surface area contributed by atoms with Crippen LogP contribution in [0.4, 0.5) is 0 Å². The Morgan fingerprint density at radius 2 is 2.00 bits per heavy atom. The van der Waals surface area contributed by atoms with E-state index in [4.69, 9.17) is 5.73 Å². The molecule has 0 aliphatic heterocycles. The van der Waals surface area contributed by atoms with E-state index < -0.39 is 0 Å². The van der Waals surface area contributed by atoms with Crippen molar-refractivity contribution in [1.29, 1.82) is 0 Å². The third kappa shape index (κ3) is 1.95. The van der Waals surface area contributed by atoms with Crippen LogP contribution in [0.2, 0.25) is 0 Å². The topological polar surface area (TPSA) is 46.2 Å². The van der Waals surface area contributed by atoms with E-state index in [0.29, 0.717) is 11.7 Å². The number of phenols is 1. The molecular formula is C15H23NO. The number of aryl methyl sites for hydroxylation is 1. The van der Waals surface area contributed by atoms with Crippen LogP contribution in [-0.4, -0.2) is 5.11 Å². The largest absolute Gasteiger partial charge is 0.507 e. The molecule has 0 unspecified atom stereocenters. The van der Waals surface area contributed by atoms with Crippen LogP contribution in [-0.2, 0) is 12.0 Å². The summed E-state index contributed by atoms with van der Waals surface area (Å²) >= 11 is 0. The summed E-state index contributed by atoms with van der Waals surface area (Å²) in [6, 6.07) is 4.18. The summed E-state index contributed by atoms with van der Waals surface area (Å²) in [5.74, 6) is 0.851. The first kappa shape index (κ1) is 12.4. The molecular weight excluding hydrogens is 210 g/mol. The van der Waals surface area contributed by atoms with Crippen LogP contribution in [0, 0.1) is 0 Å². The first-order valence-electron chi connectivity index (χ1n) is 6.63. The van der Waals surface area contributed by atoms with E-state index in [1.54, 1.807) is 0 Å². The van der Waals surface area contributed by atoms with Crippen molar-refractivity contribution in [3.63, 3.8) is 0 Å². The fourth-order valence-corrected chi connectivity index (χ4v) is 2.75. The van der Waals surface area contributed by atoms with Gasteiger partial charge in [-0.05, 0) is 42.7 Å². The summed E-state index contributed by atoms with van der Waals surface area (Å²) in [4.78, 5) is 0. The average molecular weight is 233 g/mol. The second kappa shape index (κ2) is 4.34. The molecule has 0 bridgehead atoms. The molecule has 94 valence electrons. The predicted octanol–water partition coefficient (Wildman–Crippen LogP) is 3.42. The molecule has 0 atom stereocenters. The summed E-state index contributed by atoms with van der Waals surface area (Å²) < 4.78 is 0. The van der Waals surface area contributed by atoms with Crippen molar-refractivity contribution >= 4 is 0 Å². The highest BCUT2D eigenvalue weighted by atomic mass is 16.3. The van der Waals surface area contributed by atoms with Gasteiger partial charge in [-0.25, -0.2) is 0 Å². The van der Waals surface area contributed by atoms with Crippen LogP contribution in [0.15, 0.2) is 12.1 Å². The van der Waals surface area contributed by atoms with E-state index in [1.165, 1.54) is 12.0 Å². The molecule has 0 heterocycles. The van der Waals surface area contributed by atoms with Crippen LogP contribution in [0.3, 0.4) is 0 Å². The van der Waals surface area contributed by atoms with E-state index >= 15 is 0 Å².